The van der Waals surface area contributed by atoms with Crippen molar-refractivity contribution in [2.45, 2.75) is 45.2 Å². The molecule has 0 radical (unpaired) electrons. The minimum Gasteiger partial charge on any atom is -0.481 e. The lowest BCUT2D eigenvalue weighted by molar-refractivity contribution is -0.152. The molecule has 2 aromatic carbocycles. The van der Waals surface area contributed by atoms with Gasteiger partial charge in [0.2, 0.25) is 0 Å². The monoisotopic (exact) mass is 395 g/mol. The number of hydrogen-bond donors (Lipinski definition) is 2. The quantitative estimate of drug-likeness (QED) is 0.622. The van der Waals surface area contributed by atoms with Crippen molar-refractivity contribution in [2.75, 3.05) is 6.54 Å². The van der Waals surface area contributed by atoms with Gasteiger partial charge in [0, 0.05) is 19.6 Å². The minimum atomic E-state index is -0.913. The molecule has 0 heterocycles. The first-order chi connectivity index (χ1) is 14.0. The third-order valence-corrected chi connectivity index (χ3v) is 5.98. The van der Waals surface area contributed by atoms with Crippen LogP contribution in [0, 0.1) is 11.3 Å². The van der Waals surface area contributed by atoms with Crippen LogP contribution in [-0.2, 0) is 22.7 Å². The van der Waals surface area contributed by atoms with Crippen LogP contribution < -0.4 is 0 Å². The summed E-state index contributed by atoms with van der Waals surface area (Å²) in [7, 11) is 0. The molecule has 5 nitrogen and oxygen atoms in total. The Morgan fingerprint density at radius 3 is 1.76 bits per heavy atom. The minimum absolute atomic E-state index is 0.192. The normalized spacial score (nSPS) is 16.6. The van der Waals surface area contributed by atoms with Crippen LogP contribution in [0.1, 0.15) is 43.2 Å². The van der Waals surface area contributed by atoms with Crippen LogP contribution >= 0.6 is 0 Å². The van der Waals surface area contributed by atoms with E-state index in [4.69, 9.17) is 0 Å². The van der Waals surface area contributed by atoms with E-state index in [1.54, 1.807) is 0 Å². The Bertz CT molecular complexity index is 759. The van der Waals surface area contributed by atoms with E-state index in [2.05, 4.69) is 4.90 Å². The number of rotatable bonds is 10. The summed E-state index contributed by atoms with van der Waals surface area (Å²) in [6, 6.07) is 19.9. The summed E-state index contributed by atoms with van der Waals surface area (Å²) in [5, 5.41) is 19.7. The summed E-state index contributed by atoms with van der Waals surface area (Å²) in [6.07, 6.45) is 3.05. The SMILES string of the molecule is O=C(O)C(CN(Cc1ccccc1)Cc1ccccc1)CC1(C(=O)O)CCCC1. The summed E-state index contributed by atoms with van der Waals surface area (Å²) >= 11 is 0. The average Bonchev–Trinajstić information content (AvgIpc) is 3.19. The van der Waals surface area contributed by atoms with E-state index in [-0.39, 0.29) is 6.42 Å². The van der Waals surface area contributed by atoms with Gasteiger partial charge < -0.3 is 10.2 Å². The smallest absolute Gasteiger partial charge is 0.309 e. The maximum Gasteiger partial charge on any atom is 0.309 e. The van der Waals surface area contributed by atoms with Crippen LogP contribution in [0.25, 0.3) is 0 Å². The van der Waals surface area contributed by atoms with Gasteiger partial charge in [0.05, 0.1) is 11.3 Å². The molecule has 0 aliphatic heterocycles. The van der Waals surface area contributed by atoms with Crippen LogP contribution in [0.3, 0.4) is 0 Å². The van der Waals surface area contributed by atoms with Crippen molar-refractivity contribution in [3.8, 4) is 0 Å². The van der Waals surface area contributed by atoms with E-state index in [0.29, 0.717) is 32.5 Å². The Kier molecular flexibility index (Phi) is 7.04. The summed E-state index contributed by atoms with van der Waals surface area (Å²) in [4.78, 5) is 26.1. The number of carboxylic acids is 2. The molecule has 0 amide bonds. The Hall–Kier alpha value is -2.66. The summed E-state index contributed by atoms with van der Waals surface area (Å²) in [5.41, 5.74) is 1.33. The predicted octanol–water partition coefficient (Wildman–Crippen LogP) is 4.42. The van der Waals surface area contributed by atoms with Gasteiger partial charge in [-0.2, -0.15) is 0 Å². The van der Waals surface area contributed by atoms with Gasteiger partial charge in [0.15, 0.2) is 0 Å². The van der Waals surface area contributed by atoms with Gasteiger partial charge in [-0.05, 0) is 30.4 Å². The molecule has 1 fully saturated rings. The number of aliphatic carboxylic acids is 2. The number of hydrogen-bond acceptors (Lipinski definition) is 3. The highest BCUT2D eigenvalue weighted by Gasteiger charge is 2.44. The van der Waals surface area contributed by atoms with E-state index in [9.17, 15) is 19.8 Å². The second-order valence-electron chi connectivity index (χ2n) is 8.17. The van der Waals surface area contributed by atoms with E-state index < -0.39 is 23.3 Å². The van der Waals surface area contributed by atoms with Crippen LogP contribution in [0.15, 0.2) is 60.7 Å². The lowest BCUT2D eigenvalue weighted by atomic mass is 9.77. The molecule has 1 unspecified atom stereocenters. The summed E-state index contributed by atoms with van der Waals surface area (Å²) < 4.78 is 0. The number of nitrogens with zero attached hydrogens (tertiary/aromatic N) is 1. The molecule has 0 aromatic heterocycles. The van der Waals surface area contributed by atoms with Crippen molar-refractivity contribution >= 4 is 11.9 Å². The summed E-state index contributed by atoms with van der Waals surface area (Å²) in [6.45, 7) is 1.58. The van der Waals surface area contributed by atoms with Gasteiger partial charge in [-0.15, -0.1) is 0 Å². The van der Waals surface area contributed by atoms with Crippen molar-refractivity contribution in [1.82, 2.24) is 4.90 Å². The molecule has 1 aliphatic rings. The Morgan fingerprint density at radius 2 is 1.34 bits per heavy atom. The fourth-order valence-electron chi connectivity index (χ4n) is 4.44. The van der Waals surface area contributed by atoms with E-state index in [1.165, 1.54) is 0 Å². The average molecular weight is 395 g/mol. The molecular formula is C24H29NO4. The maximum atomic E-state index is 12.1. The molecule has 1 atom stereocenters. The largest absolute Gasteiger partial charge is 0.481 e. The highest BCUT2D eigenvalue weighted by Crippen LogP contribution is 2.43. The molecule has 2 N–H and O–H groups in total. The van der Waals surface area contributed by atoms with Crippen molar-refractivity contribution in [3.63, 3.8) is 0 Å². The number of carbonyl (C=O) groups is 2. The van der Waals surface area contributed by atoms with Crippen molar-refractivity contribution < 1.29 is 19.8 Å². The lowest BCUT2D eigenvalue weighted by Crippen LogP contribution is -2.38. The maximum absolute atomic E-state index is 12.1. The van der Waals surface area contributed by atoms with Crippen LogP contribution in [0.4, 0.5) is 0 Å². The van der Waals surface area contributed by atoms with Crippen molar-refractivity contribution in [1.29, 1.82) is 0 Å². The molecule has 29 heavy (non-hydrogen) atoms. The van der Waals surface area contributed by atoms with Gasteiger partial charge in [-0.1, -0.05) is 73.5 Å². The van der Waals surface area contributed by atoms with Gasteiger partial charge in [-0.25, -0.2) is 0 Å². The van der Waals surface area contributed by atoms with E-state index in [1.807, 2.05) is 60.7 Å². The van der Waals surface area contributed by atoms with E-state index in [0.717, 1.165) is 24.0 Å². The highest BCUT2D eigenvalue weighted by atomic mass is 16.4. The number of benzene rings is 2. The fourth-order valence-corrected chi connectivity index (χ4v) is 4.44. The Labute approximate surface area is 172 Å². The second kappa shape index (κ2) is 9.70. The van der Waals surface area contributed by atoms with Gasteiger partial charge in [0.1, 0.15) is 0 Å². The van der Waals surface area contributed by atoms with Crippen molar-refractivity contribution in [2.24, 2.45) is 11.3 Å². The molecule has 3 rings (SSSR count). The topological polar surface area (TPSA) is 77.8 Å². The lowest BCUT2D eigenvalue weighted by Gasteiger charge is -2.31. The molecule has 1 saturated carbocycles. The Balaban J connectivity index is 1.79. The van der Waals surface area contributed by atoms with Crippen LogP contribution in [0.5, 0.6) is 0 Å². The molecule has 154 valence electrons. The predicted molar refractivity (Wildman–Crippen MR) is 111 cm³/mol. The van der Waals surface area contributed by atoms with Gasteiger partial charge in [-0.3, -0.25) is 14.5 Å². The van der Waals surface area contributed by atoms with E-state index >= 15 is 0 Å². The zero-order chi connectivity index (χ0) is 20.7. The molecule has 0 bridgehead atoms. The third kappa shape index (κ3) is 5.67. The Morgan fingerprint density at radius 1 is 0.862 bits per heavy atom. The summed E-state index contributed by atoms with van der Waals surface area (Å²) in [5.74, 6) is -2.47. The second-order valence-corrected chi connectivity index (χ2v) is 8.17. The zero-order valence-electron chi connectivity index (χ0n) is 16.7. The first-order valence-corrected chi connectivity index (χ1v) is 10.2. The fraction of sp³-hybridized carbons (Fsp3) is 0.417. The highest BCUT2D eigenvalue weighted by molar-refractivity contribution is 5.77. The molecule has 0 saturated heterocycles. The van der Waals surface area contributed by atoms with Gasteiger partial charge >= 0.3 is 11.9 Å². The van der Waals surface area contributed by atoms with Crippen LogP contribution in [0.2, 0.25) is 0 Å². The van der Waals surface area contributed by atoms with Crippen molar-refractivity contribution in [3.05, 3.63) is 71.8 Å². The molecule has 1 aliphatic carbocycles. The standard InChI is InChI=1S/C24H29NO4/c26-22(27)21(15-24(23(28)29)13-7-8-14-24)18-25(16-19-9-3-1-4-10-19)17-20-11-5-2-6-12-20/h1-6,9-12,21H,7-8,13-18H2,(H,26,27)(H,28,29). The molecule has 0 spiro atoms. The number of carboxylic acid groups (broad SMARTS) is 2. The first-order valence-electron chi connectivity index (χ1n) is 10.2. The molecule has 2 aromatic rings. The van der Waals surface area contributed by atoms with Gasteiger partial charge in [0.25, 0.3) is 0 Å². The molecular weight excluding hydrogens is 366 g/mol. The zero-order valence-corrected chi connectivity index (χ0v) is 16.7. The first kappa shape index (κ1) is 21.1. The molecule has 5 heteroatoms. The van der Waals surface area contributed by atoms with Crippen LogP contribution in [-0.4, -0.2) is 33.6 Å². The third-order valence-electron chi connectivity index (χ3n) is 5.98.